The Balaban J connectivity index is 0.000000252. The first-order chi connectivity index (χ1) is 22.4. The number of benzene rings is 2. The third-order valence-electron chi connectivity index (χ3n) is 7.35. The molecule has 0 spiro atoms. The van der Waals surface area contributed by atoms with Crippen LogP contribution in [0.3, 0.4) is 0 Å². The normalized spacial score (nSPS) is 11.6. The number of pyridine rings is 2. The summed E-state index contributed by atoms with van der Waals surface area (Å²) < 4.78 is 22.1. The highest BCUT2D eigenvalue weighted by molar-refractivity contribution is 5.88. The molecule has 1 aliphatic rings. The van der Waals surface area contributed by atoms with Crippen molar-refractivity contribution in [3.05, 3.63) is 101 Å². The molecule has 0 saturated carbocycles. The Morgan fingerprint density at radius 3 is 2.43 bits per heavy atom. The van der Waals surface area contributed by atoms with Crippen molar-refractivity contribution in [2.24, 2.45) is 5.73 Å². The van der Waals surface area contributed by atoms with Gasteiger partial charge in [-0.3, -0.25) is 14.2 Å². The van der Waals surface area contributed by atoms with E-state index in [2.05, 4.69) is 34.0 Å². The smallest absolute Gasteiger partial charge is 0.171 e. The number of nitrogens with two attached hydrogens (primary N) is 2. The summed E-state index contributed by atoms with van der Waals surface area (Å²) in [5.41, 5.74) is 16.2. The van der Waals surface area contributed by atoms with Gasteiger partial charge in [-0.05, 0) is 73.8 Å². The quantitative estimate of drug-likeness (QED) is 0.224. The summed E-state index contributed by atoms with van der Waals surface area (Å²) in [6.07, 6.45) is 9.26. The van der Waals surface area contributed by atoms with Crippen LogP contribution in [0.2, 0.25) is 0 Å². The second-order valence-electron chi connectivity index (χ2n) is 9.99. The van der Waals surface area contributed by atoms with Crippen LogP contribution in [0, 0.1) is 5.82 Å². The Labute approximate surface area is 263 Å². The minimum atomic E-state index is -0.840. The van der Waals surface area contributed by atoms with Crippen LogP contribution < -0.4 is 16.2 Å². The Kier molecular flexibility index (Phi) is 9.43. The van der Waals surface area contributed by atoms with Gasteiger partial charge >= 0.3 is 0 Å². The van der Waals surface area contributed by atoms with Crippen molar-refractivity contribution < 1.29 is 23.8 Å². The number of fused-ring (bicyclic) bond motifs is 2. The molecule has 13 heteroatoms. The highest BCUT2D eigenvalue weighted by Gasteiger charge is 2.23. The summed E-state index contributed by atoms with van der Waals surface area (Å²) in [6, 6.07) is 15.8. The molecule has 0 radical (unpaired) electrons. The fraction of sp³-hybridized carbons (Fsp3) is 0.152. The van der Waals surface area contributed by atoms with Crippen LogP contribution in [0.1, 0.15) is 38.3 Å². The maximum absolute atomic E-state index is 12.7. The topological polar surface area (TPSA) is 177 Å². The SMILES string of the molecule is CN.COc1cc(-n2cccn2)nc2c1nc(-c1cccnc1N)n2-c1ccc2c(c1)CCC2.O=Cc1cc(C=O)c(F)cc1O. The molecule has 2 aromatic carbocycles. The third-order valence-corrected chi connectivity index (χ3v) is 7.35. The van der Waals surface area contributed by atoms with E-state index in [0.29, 0.717) is 40.7 Å². The number of imidazole rings is 1. The van der Waals surface area contributed by atoms with Gasteiger partial charge in [0.1, 0.15) is 17.4 Å². The number of hydrogen-bond donors (Lipinski definition) is 3. The van der Waals surface area contributed by atoms with Gasteiger partial charge in [-0.25, -0.2) is 24.0 Å². The number of carbonyl (C=O) groups is 2. The number of nitrogens with zero attached hydrogens (tertiary/aromatic N) is 6. The van der Waals surface area contributed by atoms with Crippen molar-refractivity contribution in [2.75, 3.05) is 19.9 Å². The van der Waals surface area contributed by atoms with Crippen LogP contribution >= 0.6 is 0 Å². The highest BCUT2D eigenvalue weighted by Crippen LogP contribution is 2.36. The molecule has 5 N–H and O–H groups in total. The molecule has 4 heterocycles. The summed E-state index contributed by atoms with van der Waals surface area (Å²) in [6.45, 7) is 0. The predicted octanol–water partition coefficient (Wildman–Crippen LogP) is 4.48. The molecule has 0 aliphatic heterocycles. The van der Waals surface area contributed by atoms with Crippen LogP contribution in [0.4, 0.5) is 10.2 Å². The monoisotopic (exact) mass is 622 g/mol. The van der Waals surface area contributed by atoms with E-state index in [4.69, 9.17) is 25.5 Å². The number of aromatic hydroxyl groups is 1. The van der Waals surface area contributed by atoms with E-state index < -0.39 is 11.6 Å². The predicted molar refractivity (Wildman–Crippen MR) is 171 cm³/mol. The third kappa shape index (κ3) is 6.03. The maximum Gasteiger partial charge on any atom is 0.171 e. The van der Waals surface area contributed by atoms with Gasteiger partial charge < -0.3 is 21.3 Å². The van der Waals surface area contributed by atoms with E-state index in [0.717, 1.165) is 36.2 Å². The lowest BCUT2D eigenvalue weighted by Crippen LogP contribution is -2.04. The average molecular weight is 623 g/mol. The van der Waals surface area contributed by atoms with Gasteiger partial charge in [-0.15, -0.1) is 0 Å². The number of phenolic OH excluding ortho intramolecular Hbond substituents is 1. The molecule has 0 unspecified atom stereocenters. The number of phenols is 1. The van der Waals surface area contributed by atoms with E-state index in [9.17, 15) is 14.0 Å². The minimum absolute atomic E-state index is 0.0986. The lowest BCUT2D eigenvalue weighted by atomic mass is 10.1. The van der Waals surface area contributed by atoms with E-state index in [-0.39, 0.29) is 17.4 Å². The van der Waals surface area contributed by atoms with Gasteiger partial charge in [0, 0.05) is 36.4 Å². The summed E-state index contributed by atoms with van der Waals surface area (Å²) >= 11 is 0. The molecular formula is C33H31FN8O4. The maximum atomic E-state index is 12.7. The van der Waals surface area contributed by atoms with E-state index in [1.165, 1.54) is 24.6 Å². The molecule has 0 amide bonds. The number of aromatic nitrogens is 6. The van der Waals surface area contributed by atoms with E-state index in [1.54, 1.807) is 24.2 Å². The van der Waals surface area contributed by atoms with E-state index >= 15 is 0 Å². The fourth-order valence-corrected chi connectivity index (χ4v) is 5.20. The molecule has 234 valence electrons. The summed E-state index contributed by atoms with van der Waals surface area (Å²) in [5.74, 6) is 1.04. The molecular weight excluding hydrogens is 591 g/mol. The first-order valence-electron chi connectivity index (χ1n) is 14.2. The number of anilines is 1. The minimum Gasteiger partial charge on any atom is -0.507 e. The van der Waals surface area contributed by atoms with Crippen LogP contribution in [0.15, 0.2) is 73.2 Å². The van der Waals surface area contributed by atoms with Gasteiger partial charge in [0.25, 0.3) is 0 Å². The number of ether oxygens (including phenoxy) is 1. The molecule has 0 fully saturated rings. The number of aryl methyl sites for hydroxylation is 2. The second-order valence-corrected chi connectivity index (χ2v) is 9.99. The molecule has 12 nitrogen and oxygen atoms in total. The Hall–Kier alpha value is -5.95. The highest BCUT2D eigenvalue weighted by atomic mass is 19.1. The molecule has 6 aromatic rings. The number of methoxy groups -OCH3 is 1. The molecule has 1 aliphatic carbocycles. The Bertz CT molecular complexity index is 2000. The zero-order valence-corrected chi connectivity index (χ0v) is 25.1. The van der Waals surface area contributed by atoms with Gasteiger partial charge in [0.2, 0.25) is 0 Å². The number of hydrogen-bond acceptors (Lipinski definition) is 10. The lowest BCUT2D eigenvalue weighted by Gasteiger charge is -2.12. The van der Waals surface area contributed by atoms with Gasteiger partial charge in [0.15, 0.2) is 41.1 Å². The van der Waals surface area contributed by atoms with Gasteiger partial charge in [-0.2, -0.15) is 5.10 Å². The largest absolute Gasteiger partial charge is 0.507 e. The molecule has 46 heavy (non-hydrogen) atoms. The number of carbonyl (C=O) groups excluding carboxylic acids is 2. The number of rotatable bonds is 6. The van der Waals surface area contributed by atoms with Crippen LogP contribution in [-0.4, -0.2) is 61.1 Å². The summed E-state index contributed by atoms with van der Waals surface area (Å²) in [7, 11) is 3.13. The average Bonchev–Trinajstić information content (AvgIpc) is 3.86. The number of nitrogen functional groups attached to an aromatic ring is 1. The van der Waals surface area contributed by atoms with Crippen LogP contribution in [-0.2, 0) is 12.8 Å². The number of aldehydes is 2. The summed E-state index contributed by atoms with van der Waals surface area (Å²) in [5, 5.41) is 13.3. The van der Waals surface area contributed by atoms with Crippen molar-refractivity contribution in [3.63, 3.8) is 0 Å². The van der Waals surface area contributed by atoms with Crippen molar-refractivity contribution in [1.29, 1.82) is 0 Å². The van der Waals surface area contributed by atoms with Gasteiger partial charge in [0.05, 0.1) is 23.8 Å². The lowest BCUT2D eigenvalue weighted by molar-refractivity contribution is 0.111. The summed E-state index contributed by atoms with van der Waals surface area (Å²) in [4.78, 5) is 34.5. The molecule has 0 saturated heterocycles. The zero-order valence-electron chi connectivity index (χ0n) is 25.1. The van der Waals surface area contributed by atoms with Crippen LogP contribution in [0.5, 0.6) is 11.5 Å². The Morgan fingerprint density at radius 1 is 0.957 bits per heavy atom. The van der Waals surface area contributed by atoms with Gasteiger partial charge in [-0.1, -0.05) is 6.07 Å². The first-order valence-corrected chi connectivity index (χ1v) is 14.2. The van der Waals surface area contributed by atoms with Crippen molar-refractivity contribution in [2.45, 2.75) is 19.3 Å². The molecule has 0 bridgehead atoms. The van der Waals surface area contributed by atoms with E-state index in [1.807, 2.05) is 35.0 Å². The Morgan fingerprint density at radius 2 is 1.74 bits per heavy atom. The van der Waals surface area contributed by atoms with Crippen LogP contribution in [0.25, 0.3) is 34.1 Å². The van der Waals surface area contributed by atoms with Crippen molar-refractivity contribution in [3.8, 4) is 34.4 Å². The fourth-order valence-electron chi connectivity index (χ4n) is 5.20. The molecule has 4 aromatic heterocycles. The van der Waals surface area contributed by atoms with Crippen molar-refractivity contribution >= 4 is 29.6 Å². The number of halogens is 1. The second kappa shape index (κ2) is 13.8. The molecule has 7 rings (SSSR count). The molecule has 0 atom stereocenters. The zero-order chi connectivity index (χ0) is 32.8. The standard InChI is InChI=1S/C24H21N7O.C8H5FO3.CH5N/c1-32-19-14-20(30-12-4-11-27-30)28-24-21(19)29-23(18-7-3-10-26-22(18)25)31(24)17-9-8-15-5-2-6-16(15)13-17;9-7-2-8(12)6(4-11)1-5(7)3-10;1-2/h3-4,7-14H,2,5-6H2,1H3,(H2,25,26);1-4,12H;2H2,1H3. The first kappa shape index (κ1) is 31.5. The van der Waals surface area contributed by atoms with Crippen molar-refractivity contribution in [1.82, 2.24) is 29.3 Å².